The van der Waals surface area contributed by atoms with Gasteiger partial charge in [0, 0.05) is 80.5 Å². The number of nitrogens with zero attached hydrogens (tertiary/aromatic N) is 4. The van der Waals surface area contributed by atoms with Gasteiger partial charge < -0.3 is 9.80 Å². The summed E-state index contributed by atoms with van der Waals surface area (Å²) in [7, 11) is 4.14. The average molecular weight is 493 g/mol. The van der Waals surface area contributed by atoms with E-state index in [4.69, 9.17) is 0 Å². The molecular formula is C33H40N4+2. The maximum atomic E-state index is 2.48. The number of anilines is 2. The van der Waals surface area contributed by atoms with Crippen LogP contribution in [0.3, 0.4) is 0 Å². The summed E-state index contributed by atoms with van der Waals surface area (Å²) in [6, 6.07) is 27.0. The van der Waals surface area contributed by atoms with Crippen molar-refractivity contribution in [2.24, 2.45) is 0 Å². The predicted octanol–water partition coefficient (Wildman–Crippen LogP) is 5.53. The Morgan fingerprint density at radius 1 is 0.649 bits per heavy atom. The molecule has 190 valence electrons. The molecule has 1 fully saturated rings. The molecule has 0 atom stereocenters. The first-order chi connectivity index (χ1) is 18.1. The summed E-state index contributed by atoms with van der Waals surface area (Å²) >= 11 is 0. The van der Waals surface area contributed by atoms with Gasteiger partial charge in [-0.2, -0.15) is 4.57 Å². The summed E-state index contributed by atoms with van der Waals surface area (Å²) in [5.41, 5.74) is 7.99. The van der Waals surface area contributed by atoms with Crippen LogP contribution in [0.4, 0.5) is 11.4 Å². The lowest BCUT2D eigenvalue weighted by Crippen LogP contribution is -2.33. The molecule has 5 rings (SSSR count). The first-order valence-electron chi connectivity index (χ1n) is 13.7. The number of unbranched alkanes of at least 4 members (excludes halogenated alkanes) is 1. The van der Waals surface area contributed by atoms with E-state index in [1.807, 2.05) is 0 Å². The minimum absolute atomic E-state index is 0.908. The number of hydrogen-bond acceptors (Lipinski definition) is 2. The minimum Gasteiger partial charge on any atom is -0.377 e. The highest BCUT2D eigenvalue weighted by Crippen LogP contribution is 2.19. The van der Waals surface area contributed by atoms with Crippen LogP contribution in [0.2, 0.25) is 0 Å². The highest BCUT2D eigenvalue weighted by Gasteiger charge is 2.14. The van der Waals surface area contributed by atoms with Gasteiger partial charge in [-0.15, -0.1) is 0 Å². The third-order valence-corrected chi connectivity index (χ3v) is 7.48. The fraction of sp³-hybridized carbons (Fsp3) is 0.333. The van der Waals surface area contributed by atoms with E-state index in [0.29, 0.717) is 0 Å². The summed E-state index contributed by atoms with van der Waals surface area (Å²) < 4.78 is 4.44. The van der Waals surface area contributed by atoms with Crippen molar-refractivity contribution in [1.82, 2.24) is 0 Å². The lowest BCUT2D eigenvalue weighted by Gasteiger charge is -2.16. The number of aromatic nitrogens is 2. The molecule has 2 aromatic carbocycles. The summed E-state index contributed by atoms with van der Waals surface area (Å²) in [6.07, 6.45) is 16.0. The molecule has 0 amide bonds. The standard InChI is InChI=1S/C33H40N4/c1-34(2)31-17-23-35(24-18-31)27-30-11-9-28(10-12-30)7-3-4-8-29-13-15-32(16-14-29)37-25-19-33(20-26-37)36-21-5-6-22-36/h9-20,23-26H,3-8,21-22,27H2,1-2H3/q+2. The van der Waals surface area contributed by atoms with Gasteiger partial charge in [-0.25, -0.2) is 4.57 Å². The van der Waals surface area contributed by atoms with Crippen molar-refractivity contribution in [3.8, 4) is 5.69 Å². The molecule has 1 aliphatic rings. The zero-order chi connectivity index (χ0) is 25.5. The van der Waals surface area contributed by atoms with Crippen molar-refractivity contribution >= 4 is 11.4 Å². The van der Waals surface area contributed by atoms with Gasteiger partial charge in [0.2, 0.25) is 5.69 Å². The quantitative estimate of drug-likeness (QED) is 0.213. The van der Waals surface area contributed by atoms with Crippen molar-refractivity contribution in [1.29, 1.82) is 0 Å². The van der Waals surface area contributed by atoms with E-state index in [-0.39, 0.29) is 0 Å². The normalized spacial score (nSPS) is 13.2. The van der Waals surface area contributed by atoms with Gasteiger partial charge in [0.25, 0.3) is 0 Å². The second-order valence-electron chi connectivity index (χ2n) is 10.5. The summed E-state index contributed by atoms with van der Waals surface area (Å²) in [5.74, 6) is 0. The van der Waals surface area contributed by atoms with Gasteiger partial charge in [0.15, 0.2) is 31.3 Å². The molecule has 4 aromatic rings. The van der Waals surface area contributed by atoms with E-state index in [9.17, 15) is 0 Å². The van der Waals surface area contributed by atoms with Crippen molar-refractivity contribution in [3.63, 3.8) is 0 Å². The number of hydrogen-bond donors (Lipinski definition) is 0. The van der Waals surface area contributed by atoms with Gasteiger partial charge in [0.05, 0.1) is 0 Å². The van der Waals surface area contributed by atoms with E-state index in [1.165, 1.54) is 72.5 Å². The fourth-order valence-electron chi connectivity index (χ4n) is 5.15. The van der Waals surface area contributed by atoms with Crippen LogP contribution in [0.15, 0.2) is 97.6 Å². The smallest absolute Gasteiger partial charge is 0.210 e. The number of pyridine rings is 2. The topological polar surface area (TPSA) is 14.2 Å². The average Bonchev–Trinajstić information content (AvgIpc) is 3.48. The van der Waals surface area contributed by atoms with Crippen molar-refractivity contribution in [3.05, 3.63) is 114 Å². The van der Waals surface area contributed by atoms with Crippen LogP contribution in [-0.2, 0) is 19.4 Å². The van der Waals surface area contributed by atoms with E-state index in [1.54, 1.807) is 0 Å². The molecule has 0 aliphatic carbocycles. The van der Waals surface area contributed by atoms with Crippen LogP contribution < -0.4 is 18.9 Å². The van der Waals surface area contributed by atoms with Crippen LogP contribution in [0.25, 0.3) is 5.69 Å². The Bertz CT molecular complexity index is 1240. The number of benzene rings is 2. The maximum Gasteiger partial charge on any atom is 0.210 e. The molecule has 4 heteroatoms. The summed E-state index contributed by atoms with van der Waals surface area (Å²) in [4.78, 5) is 4.61. The van der Waals surface area contributed by atoms with Gasteiger partial charge in [0.1, 0.15) is 0 Å². The van der Waals surface area contributed by atoms with E-state index in [0.717, 1.165) is 19.4 Å². The molecule has 0 unspecified atom stereocenters. The molecule has 1 aliphatic heterocycles. The number of aryl methyl sites for hydroxylation is 2. The Morgan fingerprint density at radius 3 is 1.76 bits per heavy atom. The Hall–Kier alpha value is -3.66. The maximum absolute atomic E-state index is 2.48. The van der Waals surface area contributed by atoms with Crippen LogP contribution in [-0.4, -0.2) is 27.2 Å². The molecule has 2 aromatic heterocycles. The molecule has 0 bridgehead atoms. The van der Waals surface area contributed by atoms with Gasteiger partial charge in [-0.05, 0) is 49.7 Å². The third kappa shape index (κ3) is 6.76. The minimum atomic E-state index is 0.908. The zero-order valence-corrected chi connectivity index (χ0v) is 22.4. The van der Waals surface area contributed by atoms with E-state index in [2.05, 4.69) is 131 Å². The molecule has 1 saturated heterocycles. The van der Waals surface area contributed by atoms with E-state index < -0.39 is 0 Å². The lowest BCUT2D eigenvalue weighted by molar-refractivity contribution is -0.688. The van der Waals surface area contributed by atoms with Crippen molar-refractivity contribution < 1.29 is 9.13 Å². The first-order valence-corrected chi connectivity index (χ1v) is 13.7. The summed E-state index contributed by atoms with van der Waals surface area (Å²) in [5, 5.41) is 0. The second kappa shape index (κ2) is 12.1. The SMILES string of the molecule is CN(C)c1cc[n+](Cc2ccc(CCCCc3ccc(-[n+]4ccc(N5CCCC5)cc4)cc3)cc2)cc1. The Labute approximate surface area is 222 Å². The number of rotatable bonds is 10. The molecule has 0 saturated carbocycles. The monoisotopic (exact) mass is 492 g/mol. The molecular weight excluding hydrogens is 452 g/mol. The molecule has 0 spiro atoms. The van der Waals surface area contributed by atoms with Gasteiger partial charge in [-0.3, -0.25) is 0 Å². The molecule has 0 radical (unpaired) electrons. The third-order valence-electron chi connectivity index (χ3n) is 7.48. The fourth-order valence-corrected chi connectivity index (χ4v) is 5.15. The van der Waals surface area contributed by atoms with Crippen LogP contribution in [0, 0.1) is 0 Å². The molecule has 37 heavy (non-hydrogen) atoms. The van der Waals surface area contributed by atoms with Gasteiger partial charge in [-0.1, -0.05) is 36.4 Å². The van der Waals surface area contributed by atoms with Crippen LogP contribution >= 0.6 is 0 Å². The highest BCUT2D eigenvalue weighted by molar-refractivity contribution is 5.45. The first kappa shape index (κ1) is 25.0. The molecule has 0 N–H and O–H groups in total. The molecule has 3 heterocycles. The van der Waals surface area contributed by atoms with Crippen LogP contribution in [0.1, 0.15) is 42.4 Å². The van der Waals surface area contributed by atoms with Gasteiger partial charge >= 0.3 is 0 Å². The second-order valence-corrected chi connectivity index (χ2v) is 10.5. The van der Waals surface area contributed by atoms with E-state index >= 15 is 0 Å². The Kier molecular flexibility index (Phi) is 8.15. The highest BCUT2D eigenvalue weighted by atomic mass is 15.1. The predicted molar refractivity (Wildman–Crippen MR) is 153 cm³/mol. The van der Waals surface area contributed by atoms with Crippen molar-refractivity contribution in [2.75, 3.05) is 37.0 Å². The Balaban J connectivity index is 1.05. The van der Waals surface area contributed by atoms with Crippen molar-refractivity contribution in [2.45, 2.75) is 45.1 Å². The lowest BCUT2D eigenvalue weighted by atomic mass is 10.0. The Morgan fingerprint density at radius 2 is 1.19 bits per heavy atom. The van der Waals surface area contributed by atoms with Crippen LogP contribution in [0.5, 0.6) is 0 Å². The molecule has 4 nitrogen and oxygen atoms in total. The summed E-state index contributed by atoms with van der Waals surface area (Å²) in [6.45, 7) is 3.29. The zero-order valence-electron chi connectivity index (χ0n) is 22.4. The largest absolute Gasteiger partial charge is 0.377 e.